The number of rotatable bonds is 6. The Morgan fingerprint density at radius 1 is 1.20 bits per heavy atom. The first-order chi connectivity index (χ1) is 17.0. The number of nitrogens with zero attached hydrogens (tertiary/aromatic N) is 5. The minimum atomic E-state index is -0.464. The molecule has 0 bridgehead atoms. The highest BCUT2D eigenvalue weighted by Gasteiger charge is 2.30. The van der Waals surface area contributed by atoms with Gasteiger partial charge < -0.3 is 23.9 Å². The Kier molecular flexibility index (Phi) is 6.21. The zero-order valence-electron chi connectivity index (χ0n) is 19.6. The molecule has 2 aromatic carbocycles. The number of aromatic nitrogens is 1. The maximum atomic E-state index is 15.4. The van der Waals surface area contributed by atoms with Gasteiger partial charge in [-0.15, -0.1) is 4.91 Å². The third kappa shape index (κ3) is 4.37. The van der Waals surface area contributed by atoms with Crippen molar-refractivity contribution in [2.75, 3.05) is 44.7 Å². The third-order valence-corrected chi connectivity index (χ3v) is 6.53. The average molecular weight is 480 g/mol. The lowest BCUT2D eigenvalue weighted by molar-refractivity contribution is 0.132. The predicted molar refractivity (Wildman–Crippen MR) is 132 cm³/mol. The zero-order chi connectivity index (χ0) is 24.5. The first-order valence-corrected chi connectivity index (χ1v) is 11.5. The van der Waals surface area contributed by atoms with Gasteiger partial charge >= 0.3 is 0 Å². The lowest BCUT2D eigenvalue weighted by Gasteiger charge is -2.37. The van der Waals surface area contributed by atoms with Gasteiger partial charge in [-0.05, 0) is 42.9 Å². The molecule has 2 aliphatic rings. The molecule has 0 saturated carbocycles. The Morgan fingerprint density at radius 2 is 1.94 bits per heavy atom. The second-order valence-corrected chi connectivity index (χ2v) is 8.97. The van der Waals surface area contributed by atoms with Crippen molar-refractivity contribution in [1.29, 1.82) is 0 Å². The fraction of sp³-hybridized carbons (Fsp3) is 0.360. The molecule has 0 amide bonds. The highest BCUT2D eigenvalue weighted by molar-refractivity contribution is 5.95. The van der Waals surface area contributed by atoms with E-state index in [1.54, 1.807) is 30.5 Å². The third-order valence-electron chi connectivity index (χ3n) is 6.53. The molecule has 0 aliphatic carbocycles. The van der Waals surface area contributed by atoms with E-state index in [4.69, 9.17) is 9.57 Å². The average Bonchev–Trinajstić information content (AvgIpc) is 2.87. The summed E-state index contributed by atoms with van der Waals surface area (Å²) in [5, 5.41) is 7.06. The van der Waals surface area contributed by atoms with E-state index >= 15 is 4.39 Å². The topological polar surface area (TPSA) is 88.7 Å². The Labute approximate surface area is 201 Å². The van der Waals surface area contributed by atoms with Crippen LogP contribution in [0.4, 0.5) is 15.8 Å². The van der Waals surface area contributed by atoms with Crippen molar-refractivity contribution in [2.45, 2.75) is 19.6 Å². The molecule has 0 spiro atoms. The molecule has 0 N–H and O–H groups in total. The molecule has 5 rings (SSSR count). The summed E-state index contributed by atoms with van der Waals surface area (Å²) >= 11 is 0. The van der Waals surface area contributed by atoms with Crippen LogP contribution in [0.15, 0.2) is 51.7 Å². The summed E-state index contributed by atoms with van der Waals surface area (Å²) in [5.41, 5.74) is 2.11. The fourth-order valence-electron chi connectivity index (χ4n) is 4.51. The van der Waals surface area contributed by atoms with Gasteiger partial charge in [0, 0.05) is 32.4 Å². The summed E-state index contributed by atoms with van der Waals surface area (Å²) in [6, 6.07) is 7.86. The number of ether oxygens (including phenoxy) is 1. The molecule has 1 saturated heterocycles. The molecule has 3 heterocycles. The van der Waals surface area contributed by atoms with Crippen molar-refractivity contribution in [1.82, 2.24) is 9.47 Å². The van der Waals surface area contributed by atoms with E-state index in [9.17, 15) is 9.70 Å². The maximum absolute atomic E-state index is 15.4. The standard InChI is InChI=1S/C25H26FN5O4/c1-16-14-34-25-22-20(11-21(26)23(25)30-9-7-29(2)8-10-30)24(32)18(13-31(16)22)12-27-35-15-17-3-5-19(28-33)6-4-17/h3-6,11-13,16H,7-10,14-15H2,1-2H3/b27-12+/t16-/m0/s1. The van der Waals surface area contributed by atoms with Gasteiger partial charge in [-0.3, -0.25) is 4.79 Å². The van der Waals surface area contributed by atoms with Crippen LogP contribution < -0.4 is 15.1 Å². The molecule has 182 valence electrons. The van der Waals surface area contributed by atoms with Crippen LogP contribution in [0.1, 0.15) is 24.1 Å². The lowest BCUT2D eigenvalue weighted by atomic mass is 10.1. The maximum Gasteiger partial charge on any atom is 0.198 e. The van der Waals surface area contributed by atoms with Gasteiger partial charge in [0.25, 0.3) is 0 Å². The molecular weight excluding hydrogens is 453 g/mol. The van der Waals surface area contributed by atoms with Crippen LogP contribution in [0.3, 0.4) is 0 Å². The number of likely N-dealkylation sites (N-methyl/N-ethyl adjacent to an activating group) is 1. The number of oxime groups is 1. The van der Waals surface area contributed by atoms with E-state index in [2.05, 4.69) is 15.2 Å². The molecular formula is C25H26FN5O4. The van der Waals surface area contributed by atoms with E-state index < -0.39 is 5.82 Å². The Balaban J connectivity index is 1.47. The van der Waals surface area contributed by atoms with E-state index in [0.717, 1.165) is 18.7 Å². The number of hydrogen-bond acceptors (Lipinski definition) is 8. The summed E-state index contributed by atoms with van der Waals surface area (Å²) in [7, 11) is 2.04. The smallest absolute Gasteiger partial charge is 0.198 e. The predicted octanol–water partition coefficient (Wildman–Crippen LogP) is 3.79. The van der Waals surface area contributed by atoms with E-state index in [-0.39, 0.29) is 23.5 Å². The highest BCUT2D eigenvalue weighted by Crippen LogP contribution is 2.42. The van der Waals surface area contributed by atoms with E-state index in [1.807, 2.05) is 23.4 Å². The Bertz CT molecular complexity index is 1350. The first kappa shape index (κ1) is 23.0. The minimum Gasteiger partial charge on any atom is -0.487 e. The van der Waals surface area contributed by atoms with Crippen LogP contribution in [0.5, 0.6) is 5.75 Å². The van der Waals surface area contributed by atoms with Crippen LogP contribution in [0.2, 0.25) is 0 Å². The number of halogens is 1. The van der Waals surface area contributed by atoms with Gasteiger partial charge in [0.15, 0.2) is 17.0 Å². The molecule has 0 radical (unpaired) electrons. The van der Waals surface area contributed by atoms with Crippen molar-refractivity contribution in [2.24, 2.45) is 10.3 Å². The minimum absolute atomic E-state index is 0.0468. The van der Waals surface area contributed by atoms with Crippen molar-refractivity contribution in [3.8, 4) is 5.75 Å². The lowest BCUT2D eigenvalue weighted by Crippen LogP contribution is -2.45. The summed E-state index contributed by atoms with van der Waals surface area (Å²) in [4.78, 5) is 33.3. The van der Waals surface area contributed by atoms with Crippen molar-refractivity contribution < 1.29 is 14.0 Å². The second-order valence-electron chi connectivity index (χ2n) is 8.97. The summed E-state index contributed by atoms with van der Waals surface area (Å²) < 4.78 is 23.4. The van der Waals surface area contributed by atoms with Gasteiger partial charge in [0.1, 0.15) is 24.6 Å². The number of nitroso groups, excluding NO2 is 1. The first-order valence-electron chi connectivity index (χ1n) is 11.5. The molecule has 35 heavy (non-hydrogen) atoms. The van der Waals surface area contributed by atoms with E-state index in [0.29, 0.717) is 47.9 Å². The zero-order valence-corrected chi connectivity index (χ0v) is 19.6. The number of piperazine rings is 1. The molecule has 0 unspecified atom stereocenters. The number of hydrogen-bond donors (Lipinski definition) is 0. The molecule has 1 aromatic heterocycles. The fourth-order valence-corrected chi connectivity index (χ4v) is 4.51. The molecule has 2 aliphatic heterocycles. The van der Waals surface area contributed by atoms with Gasteiger partial charge in [-0.2, -0.15) is 0 Å². The number of anilines is 1. The number of pyridine rings is 1. The van der Waals surface area contributed by atoms with Crippen LogP contribution >= 0.6 is 0 Å². The van der Waals surface area contributed by atoms with Gasteiger partial charge in [0.2, 0.25) is 0 Å². The van der Waals surface area contributed by atoms with E-state index in [1.165, 1.54) is 12.3 Å². The van der Waals surface area contributed by atoms with Crippen LogP contribution in [-0.2, 0) is 11.4 Å². The van der Waals surface area contributed by atoms with Gasteiger partial charge in [-0.1, -0.05) is 17.3 Å². The van der Waals surface area contributed by atoms with Crippen LogP contribution in [-0.4, -0.2) is 55.5 Å². The largest absolute Gasteiger partial charge is 0.487 e. The molecule has 9 nitrogen and oxygen atoms in total. The van der Waals surface area contributed by atoms with Crippen LogP contribution in [0.25, 0.3) is 10.9 Å². The van der Waals surface area contributed by atoms with Gasteiger partial charge in [0.05, 0.1) is 28.7 Å². The van der Waals surface area contributed by atoms with Crippen molar-refractivity contribution >= 4 is 28.5 Å². The summed E-state index contributed by atoms with van der Waals surface area (Å²) in [6.45, 7) is 5.54. The molecule has 1 atom stereocenters. The Morgan fingerprint density at radius 3 is 2.66 bits per heavy atom. The van der Waals surface area contributed by atoms with Crippen molar-refractivity contribution in [3.05, 3.63) is 68.6 Å². The highest BCUT2D eigenvalue weighted by atomic mass is 19.1. The molecule has 1 fully saturated rings. The monoisotopic (exact) mass is 479 g/mol. The van der Waals surface area contributed by atoms with Crippen LogP contribution in [0, 0.1) is 10.7 Å². The summed E-state index contributed by atoms with van der Waals surface area (Å²) in [5.74, 6) is -0.0402. The normalized spacial score (nSPS) is 18.1. The summed E-state index contributed by atoms with van der Waals surface area (Å²) in [6.07, 6.45) is 3.07. The second kappa shape index (κ2) is 9.46. The molecule has 10 heteroatoms. The van der Waals surface area contributed by atoms with Crippen molar-refractivity contribution in [3.63, 3.8) is 0 Å². The SMILES string of the molecule is C[C@H]1COc2c(N3CCN(C)CC3)c(F)cc3c(=O)c(/C=N/OCc4ccc(N=O)cc4)cn1c23. The quantitative estimate of drug-likeness (QED) is 0.304. The van der Waals surface area contributed by atoms with Gasteiger partial charge in [-0.25, -0.2) is 4.39 Å². The Hall–Kier alpha value is -3.79. The molecule has 3 aromatic rings. The number of benzene rings is 2.